The normalized spacial score (nSPS) is 21.9. The van der Waals surface area contributed by atoms with Gasteiger partial charge in [0, 0.05) is 29.3 Å². The summed E-state index contributed by atoms with van der Waals surface area (Å²) in [6, 6.07) is 5.59. The molecule has 1 saturated carbocycles. The molecule has 5 heteroatoms. The van der Waals surface area contributed by atoms with Crippen LogP contribution in [0.15, 0.2) is 18.2 Å². The Morgan fingerprint density at radius 1 is 1.43 bits per heavy atom. The number of carbonyl (C=O) groups excluding carboxylic acids is 1. The number of unbranched alkanes of at least 4 members (excludes halogenated alkanes) is 1. The number of anilines is 1. The van der Waals surface area contributed by atoms with E-state index in [1.54, 1.807) is 6.07 Å². The van der Waals surface area contributed by atoms with Crippen LogP contribution in [0.25, 0.3) is 0 Å². The molecule has 2 rings (SSSR count). The first kappa shape index (κ1) is 19.8. The molecule has 4 nitrogen and oxygen atoms in total. The van der Waals surface area contributed by atoms with E-state index < -0.39 is 0 Å². The number of nitrogens with two attached hydrogens (primary N) is 1. The highest BCUT2D eigenvalue weighted by molar-refractivity contribution is 5.96. The Morgan fingerprint density at radius 3 is 2.74 bits per heavy atom. The number of ether oxygens (including phenoxy) is 1. The topological polar surface area (TPSA) is 64.3 Å². The fourth-order valence-electron chi connectivity index (χ4n) is 2.90. The highest BCUT2D eigenvalue weighted by Gasteiger charge is 2.49. The van der Waals surface area contributed by atoms with Crippen LogP contribution in [0, 0.1) is 12.3 Å². The molecular weight excluding hydrogens is 312 g/mol. The summed E-state index contributed by atoms with van der Waals surface area (Å²) in [6.07, 6.45) is 3.34. The van der Waals surface area contributed by atoms with Gasteiger partial charge < -0.3 is 15.8 Å². The van der Waals surface area contributed by atoms with Crippen molar-refractivity contribution in [2.24, 2.45) is 5.41 Å². The summed E-state index contributed by atoms with van der Waals surface area (Å²) >= 11 is 0. The van der Waals surface area contributed by atoms with Crippen LogP contribution >= 0.6 is 12.4 Å². The van der Waals surface area contributed by atoms with Gasteiger partial charge in [-0.05, 0) is 37.5 Å². The van der Waals surface area contributed by atoms with E-state index in [-0.39, 0.29) is 35.9 Å². The zero-order valence-electron chi connectivity index (χ0n) is 14.5. The van der Waals surface area contributed by atoms with Gasteiger partial charge in [-0.1, -0.05) is 33.3 Å². The van der Waals surface area contributed by atoms with Crippen molar-refractivity contribution >= 4 is 24.0 Å². The van der Waals surface area contributed by atoms with Crippen LogP contribution in [0.1, 0.15) is 56.0 Å². The highest BCUT2D eigenvalue weighted by Crippen LogP contribution is 2.43. The fraction of sp³-hybridized carbons (Fsp3) is 0.611. The molecule has 1 aromatic rings. The maximum atomic E-state index is 12.5. The van der Waals surface area contributed by atoms with E-state index in [2.05, 4.69) is 26.1 Å². The van der Waals surface area contributed by atoms with Gasteiger partial charge >= 0.3 is 0 Å². The van der Waals surface area contributed by atoms with Crippen molar-refractivity contribution in [2.45, 2.75) is 59.1 Å². The average molecular weight is 341 g/mol. The molecular formula is C18H29ClN2O2. The van der Waals surface area contributed by atoms with Crippen molar-refractivity contribution in [3.63, 3.8) is 0 Å². The molecule has 0 radical (unpaired) electrons. The number of carbonyl (C=O) groups is 1. The van der Waals surface area contributed by atoms with E-state index in [0.29, 0.717) is 11.3 Å². The smallest absolute Gasteiger partial charge is 0.251 e. The van der Waals surface area contributed by atoms with Gasteiger partial charge in [-0.3, -0.25) is 4.79 Å². The quantitative estimate of drug-likeness (QED) is 0.613. The Morgan fingerprint density at radius 2 is 2.13 bits per heavy atom. The summed E-state index contributed by atoms with van der Waals surface area (Å²) in [5.41, 5.74) is 7.97. The van der Waals surface area contributed by atoms with E-state index in [4.69, 9.17) is 10.5 Å². The Kier molecular flexibility index (Phi) is 6.90. The van der Waals surface area contributed by atoms with Gasteiger partial charge in [0.2, 0.25) is 0 Å². The van der Waals surface area contributed by atoms with Crippen molar-refractivity contribution in [1.82, 2.24) is 5.32 Å². The van der Waals surface area contributed by atoms with E-state index >= 15 is 0 Å². The van der Waals surface area contributed by atoms with Gasteiger partial charge in [0.1, 0.15) is 0 Å². The lowest BCUT2D eigenvalue weighted by molar-refractivity contribution is -0.115. The predicted molar refractivity (Wildman–Crippen MR) is 97.1 cm³/mol. The zero-order chi connectivity index (χ0) is 16.3. The minimum atomic E-state index is -0.0464. The molecule has 1 amide bonds. The molecule has 1 aliphatic rings. The maximum absolute atomic E-state index is 12.5. The summed E-state index contributed by atoms with van der Waals surface area (Å²) < 4.78 is 5.92. The number of halogens is 1. The molecule has 23 heavy (non-hydrogen) atoms. The van der Waals surface area contributed by atoms with Crippen molar-refractivity contribution in [1.29, 1.82) is 0 Å². The predicted octanol–water partition coefficient (Wildman–Crippen LogP) is 3.71. The Bertz CT molecular complexity index is 546. The minimum Gasteiger partial charge on any atom is -0.399 e. The first-order valence-electron chi connectivity index (χ1n) is 8.14. The number of hydrogen-bond donors (Lipinski definition) is 2. The van der Waals surface area contributed by atoms with Gasteiger partial charge in [-0.15, -0.1) is 12.4 Å². The molecule has 0 aromatic heterocycles. The molecule has 0 bridgehead atoms. The molecule has 130 valence electrons. The SMILES string of the molecule is CCCCOC1CC(NC(=O)c2cc(N)ccc2C)C1(C)C.Cl. The molecule has 0 spiro atoms. The second-order valence-corrected chi connectivity index (χ2v) is 6.87. The number of nitrogens with one attached hydrogen (secondary N) is 1. The first-order chi connectivity index (χ1) is 10.4. The van der Waals surface area contributed by atoms with Crippen LogP contribution in [0.3, 0.4) is 0 Å². The lowest BCUT2D eigenvalue weighted by Crippen LogP contribution is -2.62. The molecule has 1 aromatic carbocycles. The molecule has 0 saturated heterocycles. The Hall–Kier alpha value is -1.26. The summed E-state index contributed by atoms with van der Waals surface area (Å²) in [4.78, 5) is 12.5. The third-order valence-electron chi connectivity index (χ3n) is 4.81. The standard InChI is InChI=1S/C18H28N2O2.ClH/c1-5-6-9-22-16-11-15(18(16,3)4)20-17(21)14-10-13(19)8-7-12(14)2;/h7-8,10,15-16H,5-6,9,11,19H2,1-4H3,(H,20,21);1H. The van der Waals surface area contributed by atoms with E-state index in [1.807, 2.05) is 19.1 Å². The van der Waals surface area contributed by atoms with Crippen molar-refractivity contribution in [2.75, 3.05) is 12.3 Å². The van der Waals surface area contributed by atoms with Crippen LogP contribution < -0.4 is 11.1 Å². The first-order valence-corrected chi connectivity index (χ1v) is 8.14. The number of hydrogen-bond acceptors (Lipinski definition) is 3. The average Bonchev–Trinajstić information content (AvgIpc) is 2.47. The van der Waals surface area contributed by atoms with Crippen molar-refractivity contribution in [3.05, 3.63) is 29.3 Å². The van der Waals surface area contributed by atoms with E-state index in [1.165, 1.54) is 0 Å². The second-order valence-electron chi connectivity index (χ2n) is 6.87. The highest BCUT2D eigenvalue weighted by atomic mass is 35.5. The Labute approximate surface area is 145 Å². The number of amides is 1. The lowest BCUT2D eigenvalue weighted by atomic mass is 9.64. The van der Waals surface area contributed by atoms with Crippen LogP contribution in [0.5, 0.6) is 0 Å². The van der Waals surface area contributed by atoms with Crippen molar-refractivity contribution < 1.29 is 9.53 Å². The molecule has 2 atom stereocenters. The molecule has 1 fully saturated rings. The molecule has 1 aliphatic carbocycles. The lowest BCUT2D eigenvalue weighted by Gasteiger charge is -2.51. The summed E-state index contributed by atoms with van der Waals surface area (Å²) in [5.74, 6) is -0.0464. The zero-order valence-corrected chi connectivity index (χ0v) is 15.3. The second kappa shape index (κ2) is 8.02. The summed E-state index contributed by atoms with van der Waals surface area (Å²) in [5, 5.41) is 3.14. The van der Waals surface area contributed by atoms with Gasteiger partial charge in [0.05, 0.1) is 6.10 Å². The van der Waals surface area contributed by atoms with Gasteiger partial charge in [-0.25, -0.2) is 0 Å². The van der Waals surface area contributed by atoms with E-state index in [9.17, 15) is 4.79 Å². The van der Waals surface area contributed by atoms with Crippen LogP contribution in [0.2, 0.25) is 0 Å². The molecule has 3 N–H and O–H groups in total. The number of nitrogen functional groups attached to an aromatic ring is 1. The number of aryl methyl sites for hydroxylation is 1. The molecule has 2 unspecified atom stereocenters. The van der Waals surface area contributed by atoms with Gasteiger partial charge in [0.15, 0.2) is 0 Å². The maximum Gasteiger partial charge on any atom is 0.251 e. The third-order valence-corrected chi connectivity index (χ3v) is 4.81. The largest absolute Gasteiger partial charge is 0.399 e. The third kappa shape index (κ3) is 4.39. The minimum absolute atomic E-state index is 0. The number of benzene rings is 1. The number of rotatable bonds is 6. The van der Waals surface area contributed by atoms with Crippen LogP contribution in [-0.2, 0) is 4.74 Å². The molecule has 0 heterocycles. The fourth-order valence-corrected chi connectivity index (χ4v) is 2.90. The van der Waals surface area contributed by atoms with Crippen LogP contribution in [0.4, 0.5) is 5.69 Å². The Balaban J connectivity index is 0.00000264. The van der Waals surface area contributed by atoms with Gasteiger partial charge in [-0.2, -0.15) is 0 Å². The summed E-state index contributed by atoms with van der Waals surface area (Å²) in [6.45, 7) is 9.21. The van der Waals surface area contributed by atoms with Crippen LogP contribution in [-0.4, -0.2) is 24.7 Å². The van der Waals surface area contributed by atoms with Crippen molar-refractivity contribution in [3.8, 4) is 0 Å². The monoisotopic (exact) mass is 340 g/mol. The summed E-state index contributed by atoms with van der Waals surface area (Å²) in [7, 11) is 0. The van der Waals surface area contributed by atoms with E-state index in [0.717, 1.165) is 31.4 Å². The molecule has 0 aliphatic heterocycles. The van der Waals surface area contributed by atoms with Gasteiger partial charge in [0.25, 0.3) is 5.91 Å².